The van der Waals surface area contributed by atoms with Crippen LogP contribution in [0.15, 0.2) is 54.7 Å². The number of hydrogen-bond donors (Lipinski definition) is 1. The second-order valence-corrected chi connectivity index (χ2v) is 4.83. The summed E-state index contributed by atoms with van der Waals surface area (Å²) >= 11 is 0. The molecule has 4 heteroatoms. The summed E-state index contributed by atoms with van der Waals surface area (Å²) in [7, 11) is 0. The zero-order valence-electron chi connectivity index (χ0n) is 11.7. The zero-order valence-corrected chi connectivity index (χ0v) is 11.7. The van der Waals surface area contributed by atoms with Gasteiger partial charge in [-0.05, 0) is 36.3 Å². The van der Waals surface area contributed by atoms with Gasteiger partial charge in [0.25, 0.3) is 0 Å². The van der Waals surface area contributed by atoms with Crippen molar-refractivity contribution in [3.8, 4) is 11.1 Å². The van der Waals surface area contributed by atoms with Crippen molar-refractivity contribution in [1.29, 1.82) is 0 Å². The lowest BCUT2D eigenvalue weighted by Crippen LogP contribution is -2.05. The first-order valence-electron chi connectivity index (χ1n) is 6.67. The molecule has 0 spiro atoms. The van der Waals surface area contributed by atoms with E-state index in [0.717, 1.165) is 28.2 Å². The normalized spacial score (nSPS) is 11.3. The summed E-state index contributed by atoms with van der Waals surface area (Å²) in [6, 6.07) is 14.1. The van der Waals surface area contributed by atoms with E-state index in [1.165, 1.54) is 6.08 Å². The lowest BCUT2D eigenvalue weighted by atomic mass is 10.1. The highest BCUT2D eigenvalue weighted by molar-refractivity contribution is 5.90. The van der Waals surface area contributed by atoms with Crippen LogP contribution in [0.5, 0.6) is 0 Å². The molecule has 0 aliphatic rings. The molecule has 0 atom stereocenters. The summed E-state index contributed by atoms with van der Waals surface area (Å²) in [5.74, 6) is -0.469. The minimum absolute atomic E-state index is 0.469. The van der Waals surface area contributed by atoms with E-state index < -0.39 is 5.91 Å². The minimum atomic E-state index is -0.469. The number of benzene rings is 1. The van der Waals surface area contributed by atoms with Gasteiger partial charge in [0, 0.05) is 12.3 Å². The molecule has 104 valence electrons. The predicted molar refractivity (Wildman–Crippen MR) is 83.6 cm³/mol. The molecule has 2 aromatic heterocycles. The van der Waals surface area contributed by atoms with Gasteiger partial charge in [0.05, 0.1) is 11.4 Å². The van der Waals surface area contributed by atoms with E-state index in [9.17, 15) is 4.79 Å². The van der Waals surface area contributed by atoms with Crippen LogP contribution in [-0.4, -0.2) is 15.3 Å². The van der Waals surface area contributed by atoms with Crippen molar-refractivity contribution in [2.24, 2.45) is 5.73 Å². The number of carbonyl (C=O) groups excluding carboxylic acids is 1. The summed E-state index contributed by atoms with van der Waals surface area (Å²) in [5.41, 5.74) is 9.96. The van der Waals surface area contributed by atoms with Crippen molar-refractivity contribution in [3.05, 3.63) is 66.1 Å². The molecule has 0 unspecified atom stereocenters. The number of nitrogens with two attached hydrogens (primary N) is 1. The van der Waals surface area contributed by atoms with E-state index in [1.807, 2.05) is 47.9 Å². The number of aromatic nitrogens is 2. The Morgan fingerprint density at radius 2 is 1.90 bits per heavy atom. The van der Waals surface area contributed by atoms with E-state index in [-0.39, 0.29) is 0 Å². The van der Waals surface area contributed by atoms with Crippen molar-refractivity contribution in [1.82, 2.24) is 9.38 Å². The number of hydrogen-bond acceptors (Lipinski definition) is 2. The third-order valence-corrected chi connectivity index (χ3v) is 3.35. The van der Waals surface area contributed by atoms with Gasteiger partial charge in [0.1, 0.15) is 5.65 Å². The second kappa shape index (κ2) is 5.25. The molecule has 0 radical (unpaired) electrons. The Kier molecular flexibility index (Phi) is 3.28. The van der Waals surface area contributed by atoms with E-state index in [0.29, 0.717) is 0 Å². The molecule has 2 N–H and O–H groups in total. The number of imidazole rings is 1. The number of pyridine rings is 1. The molecule has 3 rings (SSSR count). The van der Waals surface area contributed by atoms with Crippen molar-refractivity contribution in [2.75, 3.05) is 0 Å². The van der Waals surface area contributed by atoms with Gasteiger partial charge in [-0.3, -0.25) is 9.20 Å². The standard InChI is InChI=1S/C17H15N3O/c1-12-15(8-9-16(18)21)20-11-14(7-10-17(20)19-12)13-5-3-2-4-6-13/h2-11H,1H3,(H2,18,21)/b9-8+. The Morgan fingerprint density at radius 1 is 1.14 bits per heavy atom. The van der Waals surface area contributed by atoms with Crippen molar-refractivity contribution in [2.45, 2.75) is 6.92 Å². The number of nitrogens with zero attached hydrogens (tertiary/aromatic N) is 2. The van der Waals surface area contributed by atoms with E-state index >= 15 is 0 Å². The topological polar surface area (TPSA) is 60.4 Å². The average molecular weight is 277 g/mol. The molecule has 0 fully saturated rings. The quantitative estimate of drug-likeness (QED) is 0.748. The Labute approximate surface area is 122 Å². The van der Waals surface area contributed by atoms with Crippen LogP contribution in [0.3, 0.4) is 0 Å². The van der Waals surface area contributed by atoms with Crippen LogP contribution >= 0.6 is 0 Å². The highest BCUT2D eigenvalue weighted by Crippen LogP contribution is 2.22. The van der Waals surface area contributed by atoms with Gasteiger partial charge in [-0.15, -0.1) is 0 Å². The molecule has 0 saturated carbocycles. The fraction of sp³-hybridized carbons (Fsp3) is 0.0588. The number of rotatable bonds is 3. The van der Waals surface area contributed by atoms with Gasteiger partial charge >= 0.3 is 0 Å². The van der Waals surface area contributed by atoms with E-state index in [2.05, 4.69) is 17.1 Å². The van der Waals surface area contributed by atoms with Gasteiger partial charge < -0.3 is 5.73 Å². The number of primary amides is 1. The van der Waals surface area contributed by atoms with E-state index in [1.54, 1.807) is 6.08 Å². The van der Waals surface area contributed by atoms with Gasteiger partial charge in [0.2, 0.25) is 5.91 Å². The molecule has 0 aliphatic carbocycles. The number of fused-ring (bicyclic) bond motifs is 1. The number of aryl methyl sites for hydroxylation is 1. The Hall–Kier alpha value is -2.88. The summed E-state index contributed by atoms with van der Waals surface area (Å²) in [6.07, 6.45) is 5.07. The molecule has 2 heterocycles. The van der Waals surface area contributed by atoms with Crippen LogP contribution in [0.2, 0.25) is 0 Å². The van der Waals surface area contributed by atoms with Crippen LogP contribution < -0.4 is 5.73 Å². The minimum Gasteiger partial charge on any atom is -0.366 e. The smallest absolute Gasteiger partial charge is 0.241 e. The van der Waals surface area contributed by atoms with Crippen LogP contribution in [0.1, 0.15) is 11.4 Å². The maximum Gasteiger partial charge on any atom is 0.241 e. The van der Waals surface area contributed by atoms with Crippen LogP contribution in [0.4, 0.5) is 0 Å². The Morgan fingerprint density at radius 3 is 2.62 bits per heavy atom. The average Bonchev–Trinajstić information content (AvgIpc) is 2.80. The molecule has 3 aromatic rings. The molecular formula is C17H15N3O. The zero-order chi connectivity index (χ0) is 14.8. The molecule has 1 amide bonds. The first-order valence-corrected chi connectivity index (χ1v) is 6.67. The van der Waals surface area contributed by atoms with Gasteiger partial charge in [-0.1, -0.05) is 30.3 Å². The lowest BCUT2D eigenvalue weighted by molar-refractivity contribution is -0.113. The summed E-state index contributed by atoms with van der Waals surface area (Å²) in [4.78, 5) is 15.4. The third kappa shape index (κ3) is 2.56. The first-order chi connectivity index (χ1) is 10.1. The molecule has 0 saturated heterocycles. The van der Waals surface area contributed by atoms with Gasteiger partial charge in [0.15, 0.2) is 0 Å². The molecule has 1 aromatic carbocycles. The first kappa shape index (κ1) is 13.1. The van der Waals surface area contributed by atoms with Crippen LogP contribution in [0.25, 0.3) is 22.9 Å². The molecular weight excluding hydrogens is 262 g/mol. The Bertz CT molecular complexity index is 832. The monoisotopic (exact) mass is 277 g/mol. The summed E-state index contributed by atoms with van der Waals surface area (Å²) in [5, 5.41) is 0. The third-order valence-electron chi connectivity index (χ3n) is 3.35. The van der Waals surface area contributed by atoms with E-state index in [4.69, 9.17) is 5.73 Å². The number of carbonyl (C=O) groups is 1. The van der Waals surface area contributed by atoms with Crippen molar-refractivity contribution >= 4 is 17.6 Å². The van der Waals surface area contributed by atoms with Crippen molar-refractivity contribution in [3.63, 3.8) is 0 Å². The summed E-state index contributed by atoms with van der Waals surface area (Å²) < 4.78 is 1.97. The van der Waals surface area contributed by atoms with Gasteiger partial charge in [-0.25, -0.2) is 4.98 Å². The number of amides is 1. The van der Waals surface area contributed by atoms with Crippen LogP contribution in [0, 0.1) is 6.92 Å². The largest absolute Gasteiger partial charge is 0.366 e. The fourth-order valence-corrected chi connectivity index (χ4v) is 2.34. The SMILES string of the molecule is Cc1nc2ccc(-c3ccccc3)cn2c1/C=C/C(N)=O. The Balaban J connectivity index is 2.16. The predicted octanol–water partition coefficient (Wildman–Crippen LogP) is 2.81. The highest BCUT2D eigenvalue weighted by atomic mass is 16.1. The molecule has 0 aliphatic heterocycles. The van der Waals surface area contributed by atoms with Crippen molar-refractivity contribution < 1.29 is 4.79 Å². The molecule has 21 heavy (non-hydrogen) atoms. The second-order valence-electron chi connectivity index (χ2n) is 4.83. The van der Waals surface area contributed by atoms with Gasteiger partial charge in [-0.2, -0.15) is 0 Å². The lowest BCUT2D eigenvalue weighted by Gasteiger charge is -2.04. The highest BCUT2D eigenvalue weighted by Gasteiger charge is 2.07. The maximum atomic E-state index is 10.9. The molecule has 4 nitrogen and oxygen atoms in total. The fourth-order valence-electron chi connectivity index (χ4n) is 2.34. The van der Waals surface area contributed by atoms with Crippen LogP contribution in [-0.2, 0) is 4.79 Å². The summed E-state index contributed by atoms with van der Waals surface area (Å²) in [6.45, 7) is 1.91. The molecule has 0 bridgehead atoms. The maximum absolute atomic E-state index is 10.9.